The smallest absolute Gasteiger partial charge is 0.0469 e. The van der Waals surface area contributed by atoms with Gasteiger partial charge in [-0.3, -0.25) is 0 Å². The van der Waals surface area contributed by atoms with E-state index in [0.29, 0.717) is 10.7 Å². The van der Waals surface area contributed by atoms with Gasteiger partial charge in [0.15, 0.2) is 0 Å². The van der Waals surface area contributed by atoms with Gasteiger partial charge >= 0.3 is 0 Å². The molecule has 0 spiro atoms. The molecule has 0 radical (unpaired) electrons. The Bertz CT molecular complexity index is 502. The van der Waals surface area contributed by atoms with Crippen LogP contribution in [0.25, 0.3) is 10.1 Å². The van der Waals surface area contributed by atoms with E-state index in [4.69, 9.17) is 4.74 Å². The molecule has 1 atom stereocenters. The highest BCUT2D eigenvalue weighted by Crippen LogP contribution is 2.42. The number of hydrogen-bond acceptors (Lipinski definition) is 2. The van der Waals surface area contributed by atoms with Crippen LogP contribution < -0.4 is 0 Å². The average Bonchev–Trinajstić information content (AvgIpc) is 2.83. The van der Waals surface area contributed by atoms with E-state index in [9.17, 15) is 0 Å². The Morgan fingerprint density at radius 2 is 2.00 bits per heavy atom. The summed E-state index contributed by atoms with van der Waals surface area (Å²) in [5, 5.41) is 3.71. The number of thiophene rings is 1. The van der Waals surface area contributed by atoms with Gasteiger partial charge in [0, 0.05) is 22.7 Å². The zero-order valence-corrected chi connectivity index (χ0v) is 12.0. The number of halogens is 1. The zero-order valence-electron chi connectivity index (χ0n) is 9.56. The Labute approximate surface area is 114 Å². The van der Waals surface area contributed by atoms with Crippen molar-refractivity contribution < 1.29 is 4.74 Å². The fourth-order valence-electron chi connectivity index (χ4n) is 2.47. The summed E-state index contributed by atoms with van der Waals surface area (Å²) in [6.45, 7) is 1.82. The van der Waals surface area contributed by atoms with Gasteiger partial charge in [0.2, 0.25) is 0 Å². The molecule has 1 fully saturated rings. The van der Waals surface area contributed by atoms with Crippen LogP contribution in [0.2, 0.25) is 0 Å². The SMILES string of the molecule is BrC(c1csc2ccccc12)C1CCOCC1. The third-order valence-corrected chi connectivity index (χ3v) is 5.71. The second-order valence-electron chi connectivity index (χ2n) is 4.54. The van der Waals surface area contributed by atoms with Gasteiger partial charge in [-0.1, -0.05) is 34.1 Å². The molecule has 0 amide bonds. The van der Waals surface area contributed by atoms with Crippen LogP contribution in [0.3, 0.4) is 0 Å². The molecule has 3 rings (SSSR count). The Balaban J connectivity index is 1.92. The van der Waals surface area contributed by atoms with Crippen LogP contribution in [0.1, 0.15) is 23.2 Å². The third-order valence-electron chi connectivity index (χ3n) is 3.49. The standard InChI is InChI=1S/C14H15BrOS/c15-14(10-5-7-16-8-6-10)12-9-17-13-4-2-1-3-11(12)13/h1-4,9-10,14H,5-8H2. The van der Waals surface area contributed by atoms with Crippen molar-refractivity contribution in [2.75, 3.05) is 13.2 Å². The molecule has 17 heavy (non-hydrogen) atoms. The molecule has 90 valence electrons. The van der Waals surface area contributed by atoms with Crippen molar-refractivity contribution in [3.8, 4) is 0 Å². The summed E-state index contributed by atoms with van der Waals surface area (Å²) < 4.78 is 6.82. The highest BCUT2D eigenvalue weighted by Gasteiger charge is 2.24. The fraction of sp³-hybridized carbons (Fsp3) is 0.429. The minimum absolute atomic E-state index is 0.475. The first-order valence-corrected chi connectivity index (χ1v) is 7.84. The van der Waals surface area contributed by atoms with Crippen molar-refractivity contribution in [1.29, 1.82) is 0 Å². The van der Waals surface area contributed by atoms with Gasteiger partial charge in [-0.25, -0.2) is 0 Å². The topological polar surface area (TPSA) is 9.23 Å². The lowest BCUT2D eigenvalue weighted by atomic mass is 9.92. The molecule has 1 aliphatic heterocycles. The fourth-order valence-corrected chi connectivity index (χ4v) is 4.55. The van der Waals surface area contributed by atoms with Crippen molar-refractivity contribution in [3.05, 3.63) is 35.2 Å². The van der Waals surface area contributed by atoms with Gasteiger partial charge in [-0.05, 0) is 41.2 Å². The van der Waals surface area contributed by atoms with E-state index in [-0.39, 0.29) is 0 Å². The van der Waals surface area contributed by atoms with E-state index in [1.54, 1.807) is 0 Å². The van der Waals surface area contributed by atoms with E-state index < -0.39 is 0 Å². The Morgan fingerprint density at radius 3 is 2.82 bits per heavy atom. The van der Waals surface area contributed by atoms with Gasteiger partial charge in [-0.15, -0.1) is 11.3 Å². The highest BCUT2D eigenvalue weighted by atomic mass is 79.9. The lowest BCUT2D eigenvalue weighted by Gasteiger charge is -2.26. The van der Waals surface area contributed by atoms with Crippen molar-refractivity contribution in [3.63, 3.8) is 0 Å². The summed E-state index contributed by atoms with van der Waals surface area (Å²) in [4.78, 5) is 0.475. The van der Waals surface area contributed by atoms with Gasteiger partial charge in [-0.2, -0.15) is 0 Å². The summed E-state index contributed by atoms with van der Waals surface area (Å²) in [5.41, 5.74) is 1.46. The lowest BCUT2D eigenvalue weighted by molar-refractivity contribution is 0.0663. The highest BCUT2D eigenvalue weighted by molar-refractivity contribution is 9.09. The summed E-state index contributed by atoms with van der Waals surface area (Å²) in [6.07, 6.45) is 2.33. The predicted molar refractivity (Wildman–Crippen MR) is 77.0 cm³/mol. The van der Waals surface area contributed by atoms with E-state index >= 15 is 0 Å². The van der Waals surface area contributed by atoms with E-state index in [0.717, 1.165) is 13.2 Å². The average molecular weight is 311 g/mol. The van der Waals surface area contributed by atoms with E-state index in [1.165, 1.54) is 28.5 Å². The maximum atomic E-state index is 5.44. The van der Waals surface area contributed by atoms with Crippen LogP contribution in [0.4, 0.5) is 0 Å². The Morgan fingerprint density at radius 1 is 1.24 bits per heavy atom. The maximum Gasteiger partial charge on any atom is 0.0469 e. The molecule has 0 N–H and O–H groups in total. The van der Waals surface area contributed by atoms with Gasteiger partial charge in [0.25, 0.3) is 0 Å². The Hall–Kier alpha value is -0.380. The molecule has 1 aromatic carbocycles. The monoisotopic (exact) mass is 310 g/mol. The van der Waals surface area contributed by atoms with Gasteiger partial charge < -0.3 is 4.74 Å². The molecule has 1 unspecified atom stereocenters. The number of benzene rings is 1. The van der Waals surface area contributed by atoms with Crippen LogP contribution in [0, 0.1) is 5.92 Å². The van der Waals surface area contributed by atoms with Crippen molar-refractivity contribution in [2.24, 2.45) is 5.92 Å². The van der Waals surface area contributed by atoms with Crippen LogP contribution >= 0.6 is 27.3 Å². The number of alkyl halides is 1. The number of hydrogen-bond donors (Lipinski definition) is 0. The predicted octanol–water partition coefficient (Wildman–Crippen LogP) is 4.76. The number of ether oxygens (including phenoxy) is 1. The summed E-state index contributed by atoms with van der Waals surface area (Å²) in [7, 11) is 0. The van der Waals surface area contributed by atoms with Gasteiger partial charge in [0.05, 0.1) is 0 Å². The van der Waals surface area contributed by atoms with E-state index in [2.05, 4.69) is 45.6 Å². The van der Waals surface area contributed by atoms with Crippen LogP contribution in [0.15, 0.2) is 29.6 Å². The van der Waals surface area contributed by atoms with E-state index in [1.807, 2.05) is 11.3 Å². The molecule has 1 aromatic heterocycles. The molecule has 2 aromatic rings. The largest absolute Gasteiger partial charge is 0.381 e. The van der Waals surface area contributed by atoms with Gasteiger partial charge in [0.1, 0.15) is 0 Å². The molecule has 1 saturated heterocycles. The van der Waals surface area contributed by atoms with Crippen LogP contribution in [-0.2, 0) is 4.74 Å². The molecule has 1 aliphatic rings. The third kappa shape index (κ3) is 2.28. The number of rotatable bonds is 2. The summed E-state index contributed by atoms with van der Waals surface area (Å²) >= 11 is 5.74. The molecule has 0 bridgehead atoms. The summed E-state index contributed by atoms with van der Waals surface area (Å²) in [6, 6.07) is 8.67. The Kier molecular flexibility index (Phi) is 3.50. The maximum absolute atomic E-state index is 5.44. The minimum Gasteiger partial charge on any atom is -0.381 e. The van der Waals surface area contributed by atoms with Crippen molar-refractivity contribution in [1.82, 2.24) is 0 Å². The summed E-state index contributed by atoms with van der Waals surface area (Å²) in [5.74, 6) is 0.710. The quantitative estimate of drug-likeness (QED) is 0.726. The van der Waals surface area contributed by atoms with Crippen molar-refractivity contribution in [2.45, 2.75) is 17.7 Å². The molecule has 0 saturated carbocycles. The second kappa shape index (κ2) is 5.09. The zero-order chi connectivity index (χ0) is 11.7. The number of fused-ring (bicyclic) bond motifs is 1. The molecule has 1 nitrogen and oxygen atoms in total. The molecule has 2 heterocycles. The molecule has 3 heteroatoms. The van der Waals surface area contributed by atoms with Crippen LogP contribution in [-0.4, -0.2) is 13.2 Å². The first-order chi connectivity index (χ1) is 8.36. The second-order valence-corrected chi connectivity index (χ2v) is 6.44. The van der Waals surface area contributed by atoms with Crippen molar-refractivity contribution >= 4 is 37.4 Å². The minimum atomic E-state index is 0.475. The molecular formula is C14H15BrOS. The normalized spacial score (nSPS) is 19.6. The first-order valence-electron chi connectivity index (χ1n) is 6.04. The molecular weight excluding hydrogens is 296 g/mol. The van der Waals surface area contributed by atoms with Crippen LogP contribution in [0.5, 0.6) is 0 Å². The molecule has 0 aliphatic carbocycles. The lowest BCUT2D eigenvalue weighted by Crippen LogP contribution is -2.19. The first kappa shape index (κ1) is 11.7.